The van der Waals surface area contributed by atoms with Crippen molar-refractivity contribution in [2.45, 2.75) is 11.4 Å². The van der Waals surface area contributed by atoms with E-state index in [2.05, 4.69) is 17.4 Å². The van der Waals surface area contributed by atoms with Crippen molar-refractivity contribution in [3.63, 3.8) is 0 Å². The van der Waals surface area contributed by atoms with Crippen molar-refractivity contribution in [1.29, 1.82) is 0 Å². The van der Waals surface area contributed by atoms with Gasteiger partial charge in [0.15, 0.2) is 0 Å². The molecule has 0 aliphatic carbocycles. The molecule has 0 saturated carbocycles. The lowest BCUT2D eigenvalue weighted by Crippen LogP contribution is -2.20. The van der Waals surface area contributed by atoms with Crippen molar-refractivity contribution in [2.75, 3.05) is 13.2 Å². The zero-order chi connectivity index (χ0) is 22.7. The first-order valence-electron chi connectivity index (χ1n) is 10.9. The molecule has 166 valence electrons. The Kier molecular flexibility index (Phi) is 5.86. The van der Waals surface area contributed by atoms with Crippen LogP contribution in [-0.4, -0.2) is 25.5 Å². The molecule has 4 aromatic carbocycles. The van der Waals surface area contributed by atoms with Gasteiger partial charge in [-0.05, 0) is 35.2 Å². The van der Waals surface area contributed by atoms with Gasteiger partial charge in [-0.3, -0.25) is 0 Å². The molecule has 0 bridgehead atoms. The topological polar surface area (TPSA) is 60.3 Å². The highest BCUT2D eigenvalue weighted by Gasteiger charge is 2.22. The predicted octanol–water partition coefficient (Wildman–Crippen LogP) is 5.20. The Labute approximate surface area is 193 Å². The number of ether oxygens (including phenoxy) is 1. The fraction of sp³-hybridized carbons (Fsp3) is 0.111. The van der Waals surface area contributed by atoms with Gasteiger partial charge < -0.3 is 10.1 Å². The van der Waals surface area contributed by atoms with E-state index in [-0.39, 0.29) is 4.90 Å². The summed E-state index contributed by atoms with van der Waals surface area (Å²) in [6.07, 6.45) is 1.60. The maximum Gasteiger partial charge on any atom is 0.268 e. The van der Waals surface area contributed by atoms with Crippen LogP contribution in [0.3, 0.4) is 0 Å². The summed E-state index contributed by atoms with van der Waals surface area (Å²) in [5, 5.41) is 5.73. The molecule has 5 rings (SSSR count). The van der Waals surface area contributed by atoms with Crippen molar-refractivity contribution in [1.82, 2.24) is 9.29 Å². The quantitative estimate of drug-likeness (QED) is 0.326. The van der Waals surface area contributed by atoms with Crippen LogP contribution in [-0.2, 0) is 16.6 Å². The Hall–Kier alpha value is -3.61. The number of benzene rings is 4. The first-order valence-corrected chi connectivity index (χ1v) is 12.3. The first-order chi connectivity index (χ1) is 16.1. The zero-order valence-electron chi connectivity index (χ0n) is 18.0. The minimum absolute atomic E-state index is 0.287. The van der Waals surface area contributed by atoms with Gasteiger partial charge in [0.1, 0.15) is 12.4 Å². The molecule has 0 atom stereocenters. The van der Waals surface area contributed by atoms with Crippen LogP contribution in [0.5, 0.6) is 5.75 Å². The standard InChI is InChI=1S/C27H24N2O3S/c30-33(31,27-15-6-11-22-10-4-5-12-23(22)27)29-18-16-24-25(29)13-7-14-26(24)32-19-17-28-20-21-8-2-1-3-9-21/h1-16,18,28H,17,19-20H2. The monoisotopic (exact) mass is 456 g/mol. The van der Waals surface area contributed by atoms with Crippen molar-refractivity contribution in [3.8, 4) is 5.75 Å². The van der Waals surface area contributed by atoms with E-state index in [1.165, 1.54) is 9.54 Å². The zero-order valence-corrected chi connectivity index (χ0v) is 18.8. The Bertz CT molecular complexity index is 1500. The number of aromatic nitrogens is 1. The maximum absolute atomic E-state index is 13.6. The summed E-state index contributed by atoms with van der Waals surface area (Å²) >= 11 is 0. The third-order valence-corrected chi connectivity index (χ3v) is 7.40. The second-order valence-corrected chi connectivity index (χ2v) is 9.58. The first kappa shape index (κ1) is 21.2. The van der Waals surface area contributed by atoms with Crippen LogP contribution in [0.25, 0.3) is 21.7 Å². The van der Waals surface area contributed by atoms with Gasteiger partial charge >= 0.3 is 0 Å². The third kappa shape index (κ3) is 4.23. The lowest BCUT2D eigenvalue weighted by molar-refractivity contribution is 0.317. The average Bonchev–Trinajstić information content (AvgIpc) is 3.30. The summed E-state index contributed by atoms with van der Waals surface area (Å²) in [4.78, 5) is 0.287. The highest BCUT2D eigenvalue weighted by atomic mass is 32.2. The molecule has 33 heavy (non-hydrogen) atoms. The van der Waals surface area contributed by atoms with E-state index in [4.69, 9.17) is 4.74 Å². The SMILES string of the molecule is O=S(=O)(c1cccc2ccccc12)n1ccc2c(OCCNCc3ccccc3)cccc21. The van der Waals surface area contributed by atoms with Gasteiger partial charge in [0.2, 0.25) is 0 Å². The molecule has 6 heteroatoms. The summed E-state index contributed by atoms with van der Waals surface area (Å²) in [6, 6.07) is 30.3. The number of fused-ring (bicyclic) bond motifs is 2. The molecule has 0 spiro atoms. The van der Waals surface area contributed by atoms with Gasteiger partial charge in [-0.2, -0.15) is 0 Å². The second-order valence-electron chi connectivity index (χ2n) is 7.79. The Morgan fingerprint density at radius 1 is 0.758 bits per heavy atom. The van der Waals surface area contributed by atoms with Crippen LogP contribution in [0.1, 0.15) is 5.56 Å². The van der Waals surface area contributed by atoms with Gasteiger partial charge in [0.25, 0.3) is 10.0 Å². The van der Waals surface area contributed by atoms with Gasteiger partial charge in [-0.15, -0.1) is 0 Å². The number of nitrogens with one attached hydrogen (secondary N) is 1. The predicted molar refractivity (Wildman–Crippen MR) is 132 cm³/mol. The molecule has 0 saturated heterocycles. The molecule has 0 aliphatic heterocycles. The maximum atomic E-state index is 13.6. The minimum atomic E-state index is -3.78. The summed E-state index contributed by atoms with van der Waals surface area (Å²) in [7, 11) is -3.78. The minimum Gasteiger partial charge on any atom is -0.492 e. The van der Waals surface area contributed by atoms with E-state index in [9.17, 15) is 8.42 Å². The molecule has 1 aromatic heterocycles. The molecule has 0 radical (unpaired) electrons. The van der Waals surface area contributed by atoms with Crippen molar-refractivity contribution < 1.29 is 13.2 Å². The van der Waals surface area contributed by atoms with Gasteiger partial charge in [-0.25, -0.2) is 12.4 Å². The summed E-state index contributed by atoms with van der Waals surface area (Å²) in [5.74, 6) is 0.667. The summed E-state index contributed by atoms with van der Waals surface area (Å²) in [5.41, 5.74) is 1.81. The molecule has 0 unspecified atom stereocenters. The van der Waals surface area contributed by atoms with Crippen LogP contribution < -0.4 is 10.1 Å². The van der Waals surface area contributed by atoms with Crippen molar-refractivity contribution >= 4 is 31.7 Å². The van der Waals surface area contributed by atoms with Gasteiger partial charge in [-0.1, -0.05) is 72.8 Å². The molecule has 5 aromatic rings. The highest BCUT2D eigenvalue weighted by molar-refractivity contribution is 7.90. The smallest absolute Gasteiger partial charge is 0.268 e. The lowest BCUT2D eigenvalue weighted by Gasteiger charge is -2.12. The van der Waals surface area contributed by atoms with E-state index in [0.29, 0.717) is 29.8 Å². The normalized spacial score (nSPS) is 11.8. The Balaban J connectivity index is 1.37. The van der Waals surface area contributed by atoms with E-state index in [0.717, 1.165) is 17.3 Å². The van der Waals surface area contributed by atoms with Crippen LogP contribution >= 0.6 is 0 Å². The van der Waals surface area contributed by atoms with E-state index < -0.39 is 10.0 Å². The number of hydrogen-bond acceptors (Lipinski definition) is 4. The molecular formula is C27H24N2O3S. The third-order valence-electron chi connectivity index (χ3n) is 5.65. The molecule has 0 fully saturated rings. The molecule has 1 N–H and O–H groups in total. The Morgan fingerprint density at radius 2 is 1.52 bits per heavy atom. The van der Waals surface area contributed by atoms with E-state index >= 15 is 0 Å². The Morgan fingerprint density at radius 3 is 2.39 bits per heavy atom. The number of nitrogens with zero attached hydrogens (tertiary/aromatic N) is 1. The van der Waals surface area contributed by atoms with Crippen LogP contribution in [0.15, 0.2) is 108 Å². The number of hydrogen-bond donors (Lipinski definition) is 1. The molecule has 5 nitrogen and oxygen atoms in total. The van der Waals surface area contributed by atoms with Gasteiger partial charge in [0, 0.05) is 30.1 Å². The summed E-state index contributed by atoms with van der Waals surface area (Å²) in [6.45, 7) is 1.93. The van der Waals surface area contributed by atoms with E-state index in [1.807, 2.05) is 60.7 Å². The lowest BCUT2D eigenvalue weighted by atomic mass is 10.1. The van der Waals surface area contributed by atoms with Crippen LogP contribution in [0.4, 0.5) is 0 Å². The highest BCUT2D eigenvalue weighted by Crippen LogP contribution is 2.31. The second kappa shape index (κ2) is 9.10. The molecular weight excluding hydrogens is 432 g/mol. The fourth-order valence-electron chi connectivity index (χ4n) is 4.04. The van der Waals surface area contributed by atoms with Crippen molar-refractivity contribution in [2.24, 2.45) is 0 Å². The van der Waals surface area contributed by atoms with Gasteiger partial charge in [0.05, 0.1) is 10.4 Å². The van der Waals surface area contributed by atoms with Crippen LogP contribution in [0.2, 0.25) is 0 Å². The van der Waals surface area contributed by atoms with E-state index in [1.54, 1.807) is 30.5 Å². The fourth-order valence-corrected chi connectivity index (χ4v) is 5.60. The van der Waals surface area contributed by atoms with Crippen molar-refractivity contribution in [3.05, 3.63) is 109 Å². The molecule has 0 amide bonds. The van der Waals surface area contributed by atoms with Crippen LogP contribution in [0, 0.1) is 0 Å². The average molecular weight is 457 g/mol. The number of rotatable bonds is 8. The molecule has 0 aliphatic rings. The largest absolute Gasteiger partial charge is 0.492 e. The summed E-state index contributed by atoms with van der Waals surface area (Å²) < 4.78 is 34.5. The molecule has 1 heterocycles.